The van der Waals surface area contributed by atoms with E-state index in [0.717, 1.165) is 0 Å². The van der Waals surface area contributed by atoms with Crippen LogP contribution in [0.3, 0.4) is 0 Å². The van der Waals surface area contributed by atoms with Crippen molar-refractivity contribution in [3.8, 4) is 0 Å². The normalized spacial score (nSPS) is 18.0. The summed E-state index contributed by atoms with van der Waals surface area (Å²) in [7, 11) is 0. The van der Waals surface area contributed by atoms with Gasteiger partial charge in [0.05, 0.1) is 0 Å². The van der Waals surface area contributed by atoms with Gasteiger partial charge in [0, 0.05) is 0 Å². The predicted molar refractivity (Wildman–Crippen MR) is 87.3 cm³/mol. The predicted octanol–water partition coefficient (Wildman–Crippen LogP) is -3.20. The van der Waals surface area contributed by atoms with Crippen molar-refractivity contribution in [1.29, 1.82) is 0 Å². The van der Waals surface area contributed by atoms with Crippen LogP contribution >= 0.6 is 18.6 Å². The van der Waals surface area contributed by atoms with E-state index in [1.165, 1.54) is 4.90 Å². The molecule has 2 rings (SSSR count). The van der Waals surface area contributed by atoms with E-state index < -0.39 is 6.04 Å². The molecule has 1 unspecified atom stereocenters. The van der Waals surface area contributed by atoms with Crippen LogP contribution in [0, 0.1) is 0 Å². The van der Waals surface area contributed by atoms with Gasteiger partial charge in [0.25, 0.3) is 0 Å². The fourth-order valence-corrected chi connectivity index (χ4v) is 3.80. The van der Waals surface area contributed by atoms with Gasteiger partial charge in [-0.05, 0) is 0 Å². The quantitative estimate of drug-likeness (QED) is 0.200. The molecule has 1 aromatic rings. The third-order valence-corrected chi connectivity index (χ3v) is 6.01. The second-order valence-electron chi connectivity index (χ2n) is 4.79. The number of piperazine rings is 1. The Balaban J connectivity index is 2.20. The second kappa shape index (κ2) is 8.78. The second-order valence-corrected chi connectivity index (χ2v) is 10.0. The van der Waals surface area contributed by atoms with E-state index in [2.05, 4.69) is 29.2 Å². The molecule has 3 N–H and O–H groups in total. The first-order chi connectivity index (χ1) is 11.1. The minimum atomic E-state index is -0.777. The Hall–Kier alpha value is -0.950. The number of carbonyl (C=O) groups excluding carboxylic acids is 3. The SMILES string of the molecule is O=C(NC[I-]I)c1ccc(C2C(=O)NCC(=O)N2CCO)cc1. The van der Waals surface area contributed by atoms with Gasteiger partial charge in [-0.2, -0.15) is 0 Å². The number of halogens is 2. The number of amides is 3. The van der Waals surface area contributed by atoms with Gasteiger partial charge in [-0.1, -0.05) is 0 Å². The molecule has 23 heavy (non-hydrogen) atoms. The van der Waals surface area contributed by atoms with Gasteiger partial charge in [-0.15, -0.1) is 0 Å². The summed E-state index contributed by atoms with van der Waals surface area (Å²) in [6.07, 6.45) is 0. The number of hydrogen-bond acceptors (Lipinski definition) is 4. The average molecular weight is 544 g/mol. The standard InChI is InChI=1S/C14H16I2N3O4/c15-16-8-18-13(22)10-3-1-9(2-4-10)12-14(23)17-7-11(21)19(12)5-6-20/h1-4,12,20H,5-8H2,(H,17,23)(H,18,22)/q-1. The molecule has 0 aliphatic carbocycles. The Bertz CT molecular complexity index is 594. The molecule has 126 valence electrons. The summed E-state index contributed by atoms with van der Waals surface area (Å²) >= 11 is 2.24. The van der Waals surface area contributed by atoms with Gasteiger partial charge < -0.3 is 0 Å². The third-order valence-electron chi connectivity index (χ3n) is 3.40. The molecule has 9 heteroatoms. The van der Waals surface area contributed by atoms with Gasteiger partial charge >= 0.3 is 154 Å². The molecule has 0 saturated carbocycles. The van der Waals surface area contributed by atoms with Crippen molar-refractivity contribution in [2.75, 3.05) is 24.2 Å². The first kappa shape index (κ1) is 18.4. The number of alkyl halides is 1. The van der Waals surface area contributed by atoms with Crippen LogP contribution in [0.15, 0.2) is 24.3 Å². The van der Waals surface area contributed by atoms with E-state index >= 15 is 0 Å². The van der Waals surface area contributed by atoms with Gasteiger partial charge in [-0.25, -0.2) is 0 Å². The molecule has 1 aromatic carbocycles. The molecule has 0 bridgehead atoms. The number of benzene rings is 1. The van der Waals surface area contributed by atoms with Crippen molar-refractivity contribution in [2.24, 2.45) is 0 Å². The first-order valence-corrected chi connectivity index (χ1v) is 14.7. The third kappa shape index (κ3) is 4.53. The maximum absolute atomic E-state index is 12.1. The zero-order valence-electron chi connectivity index (χ0n) is 12.1. The zero-order valence-corrected chi connectivity index (χ0v) is 16.4. The van der Waals surface area contributed by atoms with Gasteiger partial charge in [-0.3, -0.25) is 0 Å². The van der Waals surface area contributed by atoms with Crippen LogP contribution in [0.1, 0.15) is 22.0 Å². The van der Waals surface area contributed by atoms with Crippen molar-refractivity contribution in [3.63, 3.8) is 0 Å². The van der Waals surface area contributed by atoms with Crippen LogP contribution in [0.25, 0.3) is 0 Å². The average Bonchev–Trinajstić information content (AvgIpc) is 2.56. The van der Waals surface area contributed by atoms with Crippen molar-refractivity contribution in [3.05, 3.63) is 35.4 Å². The Morgan fingerprint density at radius 3 is 2.70 bits per heavy atom. The molecular formula is C14H16I2N3O4-. The Morgan fingerprint density at radius 2 is 2.09 bits per heavy atom. The summed E-state index contributed by atoms with van der Waals surface area (Å²) in [5, 5.41) is 14.5. The van der Waals surface area contributed by atoms with Crippen LogP contribution < -0.4 is 27.9 Å². The van der Waals surface area contributed by atoms with E-state index in [0.29, 0.717) is 15.7 Å². The number of β-amino-alcohol motifs (C(OH)–C–C–N with tert-alkyl or cyclic N) is 1. The molecule has 1 atom stereocenters. The maximum atomic E-state index is 12.1. The Kier molecular flexibility index (Phi) is 7.02. The fourth-order valence-electron chi connectivity index (χ4n) is 2.34. The molecule has 1 fully saturated rings. The van der Waals surface area contributed by atoms with Gasteiger partial charge in [0.1, 0.15) is 0 Å². The monoisotopic (exact) mass is 544 g/mol. The zero-order chi connectivity index (χ0) is 16.8. The number of rotatable bonds is 6. The van der Waals surface area contributed by atoms with E-state index in [1.54, 1.807) is 24.3 Å². The molecule has 0 spiro atoms. The minimum absolute atomic E-state index is 0.0399. The number of aliphatic hydroxyl groups excluding tert-OH is 1. The van der Waals surface area contributed by atoms with Crippen LogP contribution in [0.4, 0.5) is 0 Å². The van der Waals surface area contributed by atoms with Crippen molar-refractivity contribution in [1.82, 2.24) is 15.5 Å². The number of nitrogens with zero attached hydrogens (tertiary/aromatic N) is 1. The molecule has 1 aliphatic rings. The summed E-state index contributed by atoms with van der Waals surface area (Å²) in [6, 6.07) is 5.84. The number of nitrogens with one attached hydrogen (secondary N) is 2. The summed E-state index contributed by atoms with van der Waals surface area (Å²) < 4.78 is 0.698. The summed E-state index contributed by atoms with van der Waals surface area (Å²) in [5.74, 6) is -0.675. The molecule has 7 nitrogen and oxygen atoms in total. The molecule has 1 aliphatic heterocycles. The van der Waals surface area contributed by atoms with Crippen molar-refractivity contribution >= 4 is 36.3 Å². The number of carbonyl (C=O) groups is 3. The number of hydrogen-bond donors (Lipinski definition) is 3. The molecule has 0 aromatic heterocycles. The summed E-state index contributed by atoms with van der Waals surface area (Å²) in [5.41, 5.74) is 1.13. The van der Waals surface area contributed by atoms with Crippen molar-refractivity contribution < 1.29 is 36.7 Å². The van der Waals surface area contributed by atoms with Crippen LogP contribution in [0.2, 0.25) is 0 Å². The van der Waals surface area contributed by atoms with E-state index in [-0.39, 0.29) is 54.6 Å². The van der Waals surface area contributed by atoms with Gasteiger partial charge in [0.15, 0.2) is 0 Å². The topological polar surface area (TPSA) is 98.7 Å². The fraction of sp³-hybridized carbons (Fsp3) is 0.357. The molecular weight excluding hydrogens is 528 g/mol. The summed E-state index contributed by atoms with van der Waals surface area (Å²) in [6.45, 7) is -0.178. The van der Waals surface area contributed by atoms with Crippen molar-refractivity contribution in [2.45, 2.75) is 6.04 Å². The molecule has 1 saturated heterocycles. The molecule has 0 radical (unpaired) electrons. The van der Waals surface area contributed by atoms with E-state index in [1.807, 2.05) is 0 Å². The Labute approximate surface area is 153 Å². The number of aliphatic hydroxyl groups is 1. The van der Waals surface area contributed by atoms with E-state index in [4.69, 9.17) is 5.11 Å². The Morgan fingerprint density at radius 1 is 1.39 bits per heavy atom. The molecule has 1 heterocycles. The van der Waals surface area contributed by atoms with E-state index in [9.17, 15) is 14.4 Å². The van der Waals surface area contributed by atoms with Crippen LogP contribution in [-0.2, 0) is 9.59 Å². The first-order valence-electron chi connectivity index (χ1n) is 6.85. The molecule has 3 amide bonds. The van der Waals surface area contributed by atoms with Crippen LogP contribution in [0.5, 0.6) is 0 Å². The van der Waals surface area contributed by atoms with Gasteiger partial charge in [0.2, 0.25) is 0 Å². The van der Waals surface area contributed by atoms with Crippen LogP contribution in [-0.4, -0.2) is 52.0 Å². The summed E-state index contributed by atoms with van der Waals surface area (Å²) in [4.78, 5) is 37.3.